The number of esters is 1. The Morgan fingerprint density at radius 1 is 1.44 bits per heavy atom. The number of methoxy groups -OCH3 is 1. The minimum absolute atomic E-state index is 0.112. The molecule has 2 rings (SSSR count). The van der Waals surface area contributed by atoms with E-state index in [4.69, 9.17) is 16.3 Å². The first-order chi connectivity index (χ1) is 7.74. The highest BCUT2D eigenvalue weighted by Gasteiger charge is 2.35. The van der Waals surface area contributed by atoms with Gasteiger partial charge in [-0.3, -0.25) is 4.79 Å². The van der Waals surface area contributed by atoms with E-state index in [-0.39, 0.29) is 17.8 Å². The number of carbonyl (C=O) groups is 1. The van der Waals surface area contributed by atoms with E-state index in [0.29, 0.717) is 11.6 Å². The van der Waals surface area contributed by atoms with Gasteiger partial charge in [0, 0.05) is 24.0 Å². The van der Waals surface area contributed by atoms with E-state index in [9.17, 15) is 4.79 Å². The van der Waals surface area contributed by atoms with E-state index in [1.807, 2.05) is 24.3 Å². The molecular formula is C12H14ClNO2. The molecule has 0 bridgehead atoms. The zero-order chi connectivity index (χ0) is 11.5. The molecule has 1 fully saturated rings. The van der Waals surface area contributed by atoms with Gasteiger partial charge >= 0.3 is 5.97 Å². The fourth-order valence-electron chi connectivity index (χ4n) is 2.18. The summed E-state index contributed by atoms with van der Waals surface area (Å²) < 4.78 is 4.80. The van der Waals surface area contributed by atoms with Crippen molar-refractivity contribution in [3.63, 3.8) is 0 Å². The van der Waals surface area contributed by atoms with Crippen LogP contribution >= 0.6 is 11.6 Å². The molecule has 0 saturated carbocycles. The van der Waals surface area contributed by atoms with Gasteiger partial charge in [-0.15, -0.1) is 0 Å². The molecule has 1 aliphatic heterocycles. The predicted octanol–water partition coefficient (Wildman–Crippen LogP) is 1.82. The van der Waals surface area contributed by atoms with Crippen molar-refractivity contribution >= 4 is 17.6 Å². The third kappa shape index (κ3) is 2.06. The van der Waals surface area contributed by atoms with E-state index in [1.165, 1.54) is 7.11 Å². The normalized spacial score (nSPS) is 24.4. The zero-order valence-corrected chi connectivity index (χ0v) is 9.83. The van der Waals surface area contributed by atoms with Crippen molar-refractivity contribution in [2.24, 2.45) is 5.92 Å². The third-order valence-electron chi connectivity index (χ3n) is 3.02. The molecule has 2 atom stereocenters. The number of hydrogen-bond donors (Lipinski definition) is 1. The molecule has 3 nitrogen and oxygen atoms in total. The average Bonchev–Trinajstić information content (AvgIpc) is 2.77. The van der Waals surface area contributed by atoms with E-state index >= 15 is 0 Å². The van der Waals surface area contributed by atoms with Gasteiger partial charge in [0.2, 0.25) is 0 Å². The number of halogens is 1. The lowest BCUT2D eigenvalue weighted by atomic mass is 9.89. The molecule has 1 heterocycles. The molecule has 0 unspecified atom stereocenters. The first-order valence-corrected chi connectivity index (χ1v) is 5.65. The van der Waals surface area contributed by atoms with E-state index < -0.39 is 0 Å². The number of ether oxygens (including phenoxy) is 1. The maximum absolute atomic E-state index is 11.6. The molecule has 1 saturated heterocycles. The summed E-state index contributed by atoms with van der Waals surface area (Å²) in [7, 11) is 1.42. The maximum Gasteiger partial charge on any atom is 0.310 e. The van der Waals surface area contributed by atoms with Crippen LogP contribution < -0.4 is 5.32 Å². The molecule has 0 aliphatic carbocycles. The molecule has 16 heavy (non-hydrogen) atoms. The van der Waals surface area contributed by atoms with Crippen LogP contribution in [-0.2, 0) is 9.53 Å². The van der Waals surface area contributed by atoms with Gasteiger partial charge in [-0.25, -0.2) is 0 Å². The fraction of sp³-hybridized carbons (Fsp3) is 0.417. The van der Waals surface area contributed by atoms with Crippen molar-refractivity contribution in [1.29, 1.82) is 0 Å². The summed E-state index contributed by atoms with van der Waals surface area (Å²) >= 11 is 6.14. The maximum atomic E-state index is 11.6. The summed E-state index contributed by atoms with van der Waals surface area (Å²) in [5.74, 6) is -0.194. The highest BCUT2D eigenvalue weighted by atomic mass is 35.5. The summed E-state index contributed by atoms with van der Waals surface area (Å²) in [6.45, 7) is 1.42. The second kappa shape index (κ2) is 4.85. The number of nitrogens with one attached hydrogen (secondary N) is 1. The Bertz CT molecular complexity index is 394. The largest absolute Gasteiger partial charge is 0.469 e. The van der Waals surface area contributed by atoms with Gasteiger partial charge in [0.15, 0.2) is 0 Å². The van der Waals surface area contributed by atoms with Crippen LogP contribution in [0, 0.1) is 5.92 Å². The molecule has 0 radical (unpaired) electrons. The first-order valence-electron chi connectivity index (χ1n) is 5.27. The molecule has 0 aromatic heterocycles. The van der Waals surface area contributed by atoms with Gasteiger partial charge in [-0.1, -0.05) is 29.8 Å². The lowest BCUT2D eigenvalue weighted by Gasteiger charge is -2.17. The molecule has 1 aromatic carbocycles. The Labute approximate surface area is 99.7 Å². The molecule has 0 amide bonds. The Morgan fingerprint density at radius 3 is 2.88 bits per heavy atom. The van der Waals surface area contributed by atoms with Crippen LogP contribution in [0.5, 0.6) is 0 Å². The van der Waals surface area contributed by atoms with Gasteiger partial charge < -0.3 is 10.1 Å². The Kier molecular flexibility index (Phi) is 3.46. The summed E-state index contributed by atoms with van der Waals surface area (Å²) in [4.78, 5) is 11.6. The number of carbonyl (C=O) groups excluding carboxylic acids is 1. The molecule has 86 valence electrons. The van der Waals surface area contributed by atoms with Crippen LogP contribution in [0.2, 0.25) is 5.02 Å². The quantitative estimate of drug-likeness (QED) is 0.800. The van der Waals surface area contributed by atoms with E-state index in [1.54, 1.807) is 0 Å². The van der Waals surface area contributed by atoms with Crippen molar-refractivity contribution in [1.82, 2.24) is 5.32 Å². The van der Waals surface area contributed by atoms with Crippen LogP contribution in [0.4, 0.5) is 0 Å². The lowest BCUT2D eigenvalue weighted by Crippen LogP contribution is -2.23. The minimum atomic E-state index is -0.171. The fourth-order valence-corrected chi connectivity index (χ4v) is 2.46. The second-order valence-corrected chi connectivity index (χ2v) is 4.32. The number of rotatable bonds is 2. The highest BCUT2D eigenvalue weighted by molar-refractivity contribution is 6.31. The summed E-state index contributed by atoms with van der Waals surface area (Å²) in [6, 6.07) is 7.65. The van der Waals surface area contributed by atoms with Gasteiger partial charge in [-0.2, -0.15) is 0 Å². The van der Waals surface area contributed by atoms with Gasteiger partial charge in [-0.05, 0) is 11.6 Å². The van der Waals surface area contributed by atoms with E-state index in [2.05, 4.69) is 5.32 Å². The lowest BCUT2D eigenvalue weighted by molar-refractivity contribution is -0.145. The molecule has 0 spiro atoms. The third-order valence-corrected chi connectivity index (χ3v) is 3.37. The monoisotopic (exact) mass is 239 g/mol. The topological polar surface area (TPSA) is 38.3 Å². The Morgan fingerprint density at radius 2 is 2.19 bits per heavy atom. The van der Waals surface area contributed by atoms with Crippen molar-refractivity contribution in [2.45, 2.75) is 5.92 Å². The average molecular weight is 240 g/mol. The molecule has 1 N–H and O–H groups in total. The van der Waals surface area contributed by atoms with Crippen LogP contribution in [0.1, 0.15) is 11.5 Å². The van der Waals surface area contributed by atoms with Crippen LogP contribution in [0.3, 0.4) is 0 Å². The Hall–Kier alpha value is -1.06. The SMILES string of the molecule is COC(=O)[C@H]1CNC[C@H]1c1ccccc1Cl. The number of hydrogen-bond acceptors (Lipinski definition) is 3. The van der Waals surface area contributed by atoms with Crippen molar-refractivity contribution in [3.05, 3.63) is 34.9 Å². The van der Waals surface area contributed by atoms with Gasteiger partial charge in [0.25, 0.3) is 0 Å². The van der Waals surface area contributed by atoms with Crippen LogP contribution in [0.25, 0.3) is 0 Å². The second-order valence-electron chi connectivity index (χ2n) is 3.92. The zero-order valence-electron chi connectivity index (χ0n) is 9.07. The Balaban J connectivity index is 2.27. The summed E-state index contributed by atoms with van der Waals surface area (Å²) in [5.41, 5.74) is 1.02. The molecule has 1 aliphatic rings. The summed E-state index contributed by atoms with van der Waals surface area (Å²) in [5, 5.41) is 3.92. The highest BCUT2D eigenvalue weighted by Crippen LogP contribution is 2.33. The summed E-state index contributed by atoms with van der Waals surface area (Å²) in [6.07, 6.45) is 0. The standard InChI is InChI=1S/C12H14ClNO2/c1-16-12(15)10-7-14-6-9(10)8-4-2-3-5-11(8)13/h2-5,9-10,14H,6-7H2,1H3/t9-,10-/m0/s1. The molecule has 1 aromatic rings. The minimum Gasteiger partial charge on any atom is -0.469 e. The van der Waals surface area contributed by atoms with Crippen LogP contribution in [-0.4, -0.2) is 26.2 Å². The van der Waals surface area contributed by atoms with Crippen molar-refractivity contribution < 1.29 is 9.53 Å². The van der Waals surface area contributed by atoms with Crippen molar-refractivity contribution in [3.8, 4) is 0 Å². The van der Waals surface area contributed by atoms with E-state index in [0.717, 1.165) is 12.1 Å². The van der Waals surface area contributed by atoms with Gasteiger partial charge in [0.05, 0.1) is 13.0 Å². The molecular weight excluding hydrogens is 226 g/mol. The van der Waals surface area contributed by atoms with Crippen LogP contribution in [0.15, 0.2) is 24.3 Å². The number of benzene rings is 1. The van der Waals surface area contributed by atoms with Crippen molar-refractivity contribution in [2.75, 3.05) is 20.2 Å². The van der Waals surface area contributed by atoms with Gasteiger partial charge in [0.1, 0.15) is 0 Å². The smallest absolute Gasteiger partial charge is 0.310 e. The molecule has 4 heteroatoms. The predicted molar refractivity (Wildman–Crippen MR) is 62.6 cm³/mol. The first kappa shape index (κ1) is 11.4.